The number of fused-ring (bicyclic) bond motifs is 1. The number of para-hydroxylation sites is 1. The minimum absolute atomic E-state index is 0.276. The Morgan fingerprint density at radius 2 is 1.67 bits per heavy atom. The fourth-order valence-corrected chi connectivity index (χ4v) is 2.55. The average Bonchev–Trinajstić information content (AvgIpc) is 2.83. The highest BCUT2D eigenvalue weighted by atomic mass is 19.1. The topological polar surface area (TPSA) is 49.6 Å². The first-order valence-corrected chi connectivity index (χ1v) is 7.49. The average molecular weight is 316 g/mol. The summed E-state index contributed by atoms with van der Waals surface area (Å²) in [5.74, 6) is 0.342. The number of aromatic nitrogens is 1. The van der Waals surface area contributed by atoms with Gasteiger partial charge in [0, 0.05) is 29.1 Å². The SMILES string of the molecule is Fc1ccc(C2=NNC(c3cccnc3)=Nc3ccccc32)cc1. The number of hydrogen-bond acceptors (Lipinski definition) is 4. The highest BCUT2D eigenvalue weighted by Gasteiger charge is 2.16. The van der Waals surface area contributed by atoms with Gasteiger partial charge in [0.15, 0.2) is 5.84 Å². The van der Waals surface area contributed by atoms with Crippen molar-refractivity contribution >= 4 is 17.2 Å². The summed E-state index contributed by atoms with van der Waals surface area (Å²) in [5, 5.41) is 4.51. The molecule has 4 rings (SSSR count). The van der Waals surface area contributed by atoms with E-state index in [-0.39, 0.29) is 5.82 Å². The van der Waals surface area contributed by atoms with Gasteiger partial charge in [0.2, 0.25) is 0 Å². The maximum Gasteiger partial charge on any atom is 0.155 e. The molecule has 1 aliphatic rings. The number of aliphatic imine (C=N–C) groups is 1. The Morgan fingerprint density at radius 3 is 2.46 bits per heavy atom. The Kier molecular flexibility index (Phi) is 3.59. The summed E-state index contributed by atoms with van der Waals surface area (Å²) >= 11 is 0. The van der Waals surface area contributed by atoms with E-state index >= 15 is 0 Å². The van der Waals surface area contributed by atoms with Crippen LogP contribution in [0.1, 0.15) is 16.7 Å². The molecule has 0 saturated carbocycles. The maximum atomic E-state index is 13.2. The maximum absolute atomic E-state index is 13.2. The molecular formula is C19H13FN4. The molecule has 0 saturated heterocycles. The van der Waals surface area contributed by atoms with Gasteiger partial charge in [-0.05, 0) is 42.5 Å². The third kappa shape index (κ3) is 2.67. The second-order valence-corrected chi connectivity index (χ2v) is 5.30. The van der Waals surface area contributed by atoms with E-state index in [0.29, 0.717) is 11.5 Å². The van der Waals surface area contributed by atoms with E-state index in [9.17, 15) is 4.39 Å². The number of rotatable bonds is 2. The molecule has 3 aromatic rings. The third-order valence-electron chi connectivity index (χ3n) is 3.72. The molecule has 116 valence electrons. The van der Waals surface area contributed by atoms with Crippen LogP contribution in [0.3, 0.4) is 0 Å². The van der Waals surface area contributed by atoms with Gasteiger partial charge in [0.1, 0.15) is 5.82 Å². The lowest BCUT2D eigenvalue weighted by atomic mass is 10.0. The Labute approximate surface area is 138 Å². The molecule has 0 atom stereocenters. The molecule has 24 heavy (non-hydrogen) atoms. The van der Waals surface area contributed by atoms with Crippen molar-refractivity contribution in [3.05, 3.63) is 95.6 Å². The summed E-state index contributed by atoms with van der Waals surface area (Å²) in [6.45, 7) is 0. The Balaban J connectivity index is 1.85. The van der Waals surface area contributed by atoms with Crippen molar-refractivity contribution in [2.75, 3.05) is 0 Å². The van der Waals surface area contributed by atoms with E-state index in [0.717, 1.165) is 22.4 Å². The molecular weight excluding hydrogens is 303 g/mol. The minimum atomic E-state index is -0.276. The Morgan fingerprint density at radius 1 is 0.833 bits per heavy atom. The van der Waals surface area contributed by atoms with Crippen molar-refractivity contribution in [3.63, 3.8) is 0 Å². The van der Waals surface area contributed by atoms with Crippen LogP contribution in [0.4, 0.5) is 10.1 Å². The number of pyridine rings is 1. The molecule has 2 heterocycles. The van der Waals surface area contributed by atoms with Crippen molar-refractivity contribution in [2.45, 2.75) is 0 Å². The molecule has 1 aromatic heterocycles. The molecule has 0 radical (unpaired) electrons. The Bertz CT molecular complexity index is 931. The molecule has 0 amide bonds. The molecule has 0 spiro atoms. The summed E-state index contributed by atoms with van der Waals surface area (Å²) in [5.41, 5.74) is 7.07. The van der Waals surface area contributed by atoms with Gasteiger partial charge in [-0.1, -0.05) is 18.2 Å². The predicted octanol–water partition coefficient (Wildman–Crippen LogP) is 3.65. The Hall–Kier alpha value is -3.34. The first kappa shape index (κ1) is 14.3. The van der Waals surface area contributed by atoms with E-state index in [2.05, 4.69) is 20.5 Å². The summed E-state index contributed by atoms with van der Waals surface area (Å²) in [7, 11) is 0. The molecule has 0 aliphatic carbocycles. The van der Waals surface area contributed by atoms with E-state index < -0.39 is 0 Å². The van der Waals surface area contributed by atoms with Crippen LogP contribution in [-0.2, 0) is 0 Å². The molecule has 0 fully saturated rings. The first-order chi connectivity index (χ1) is 11.8. The van der Waals surface area contributed by atoms with Gasteiger partial charge in [-0.2, -0.15) is 5.10 Å². The van der Waals surface area contributed by atoms with E-state index in [1.165, 1.54) is 12.1 Å². The zero-order valence-electron chi connectivity index (χ0n) is 12.6. The van der Waals surface area contributed by atoms with Crippen molar-refractivity contribution < 1.29 is 4.39 Å². The fourth-order valence-electron chi connectivity index (χ4n) is 2.55. The van der Waals surface area contributed by atoms with Crippen molar-refractivity contribution in [1.29, 1.82) is 0 Å². The van der Waals surface area contributed by atoms with Crippen LogP contribution in [0.5, 0.6) is 0 Å². The minimum Gasteiger partial charge on any atom is -0.264 e. The van der Waals surface area contributed by atoms with E-state index in [1.807, 2.05) is 36.4 Å². The third-order valence-corrected chi connectivity index (χ3v) is 3.72. The van der Waals surface area contributed by atoms with E-state index in [1.54, 1.807) is 24.5 Å². The van der Waals surface area contributed by atoms with Gasteiger partial charge in [0.25, 0.3) is 0 Å². The fraction of sp³-hybridized carbons (Fsp3) is 0. The van der Waals surface area contributed by atoms with Crippen molar-refractivity contribution in [2.24, 2.45) is 10.1 Å². The molecule has 5 heteroatoms. The second-order valence-electron chi connectivity index (χ2n) is 5.30. The zero-order chi connectivity index (χ0) is 16.4. The summed E-state index contributed by atoms with van der Waals surface area (Å²) in [6, 6.07) is 17.8. The number of nitrogens with zero attached hydrogens (tertiary/aromatic N) is 3. The number of benzene rings is 2. The summed E-state index contributed by atoms with van der Waals surface area (Å²) in [4.78, 5) is 8.80. The number of halogens is 1. The van der Waals surface area contributed by atoms with Crippen LogP contribution in [0.2, 0.25) is 0 Å². The standard InChI is InChI=1S/C19H13FN4/c20-15-9-7-13(8-10-15)18-16-5-1-2-6-17(16)22-19(24-23-18)14-4-3-11-21-12-14/h1-12H,(H,22,24). The number of nitrogens with one attached hydrogen (secondary N) is 1. The summed E-state index contributed by atoms with van der Waals surface area (Å²) < 4.78 is 13.2. The molecule has 0 bridgehead atoms. The van der Waals surface area contributed by atoms with Gasteiger partial charge in [-0.25, -0.2) is 9.38 Å². The lowest BCUT2D eigenvalue weighted by molar-refractivity contribution is 0.628. The number of hydrogen-bond donors (Lipinski definition) is 1. The smallest absolute Gasteiger partial charge is 0.155 e. The highest BCUT2D eigenvalue weighted by molar-refractivity contribution is 6.17. The first-order valence-electron chi connectivity index (χ1n) is 7.49. The van der Waals surface area contributed by atoms with Gasteiger partial charge in [-0.3, -0.25) is 10.4 Å². The molecule has 0 unspecified atom stereocenters. The zero-order valence-corrected chi connectivity index (χ0v) is 12.6. The predicted molar refractivity (Wildman–Crippen MR) is 92.1 cm³/mol. The van der Waals surface area contributed by atoms with Crippen molar-refractivity contribution in [1.82, 2.24) is 10.4 Å². The number of amidine groups is 1. The van der Waals surface area contributed by atoms with Crippen LogP contribution in [0.25, 0.3) is 0 Å². The van der Waals surface area contributed by atoms with Crippen LogP contribution in [0, 0.1) is 5.82 Å². The number of hydrazone groups is 1. The molecule has 1 aliphatic heterocycles. The van der Waals surface area contributed by atoms with Crippen LogP contribution >= 0.6 is 0 Å². The molecule has 4 nitrogen and oxygen atoms in total. The summed E-state index contributed by atoms with van der Waals surface area (Å²) in [6.07, 6.45) is 3.44. The van der Waals surface area contributed by atoms with Gasteiger partial charge in [-0.15, -0.1) is 0 Å². The normalized spacial score (nSPS) is 13.2. The quantitative estimate of drug-likeness (QED) is 0.784. The van der Waals surface area contributed by atoms with Crippen molar-refractivity contribution in [3.8, 4) is 0 Å². The molecule has 2 aromatic carbocycles. The van der Waals surface area contributed by atoms with Crippen LogP contribution < -0.4 is 5.43 Å². The lowest BCUT2D eigenvalue weighted by Gasteiger charge is -2.07. The second kappa shape index (κ2) is 6.04. The molecule has 1 N–H and O–H groups in total. The largest absolute Gasteiger partial charge is 0.264 e. The van der Waals surface area contributed by atoms with E-state index in [4.69, 9.17) is 0 Å². The lowest BCUT2D eigenvalue weighted by Crippen LogP contribution is -2.19. The van der Waals surface area contributed by atoms with Gasteiger partial charge < -0.3 is 0 Å². The highest BCUT2D eigenvalue weighted by Crippen LogP contribution is 2.25. The monoisotopic (exact) mass is 316 g/mol. The van der Waals surface area contributed by atoms with Gasteiger partial charge >= 0.3 is 0 Å². The van der Waals surface area contributed by atoms with Gasteiger partial charge in [0.05, 0.1) is 11.4 Å². The van der Waals surface area contributed by atoms with Crippen LogP contribution in [-0.4, -0.2) is 16.5 Å². The van der Waals surface area contributed by atoms with Crippen LogP contribution in [0.15, 0.2) is 83.2 Å².